The molecule has 3 heteroatoms. The Morgan fingerprint density at radius 3 is 2.74 bits per heavy atom. The Morgan fingerprint density at radius 2 is 2.11 bits per heavy atom. The van der Waals surface area contributed by atoms with E-state index in [-0.39, 0.29) is 5.91 Å². The molecule has 0 bridgehead atoms. The average Bonchev–Trinajstić information content (AvgIpc) is 2.45. The number of amides is 1. The van der Waals surface area contributed by atoms with E-state index in [9.17, 15) is 4.79 Å². The summed E-state index contributed by atoms with van der Waals surface area (Å²) < 4.78 is 5.53. The van der Waals surface area contributed by atoms with Gasteiger partial charge >= 0.3 is 0 Å². The zero-order chi connectivity index (χ0) is 13.7. The van der Waals surface area contributed by atoms with Crippen LogP contribution in [0.4, 0.5) is 0 Å². The highest BCUT2D eigenvalue weighted by molar-refractivity contribution is 5.94. The van der Waals surface area contributed by atoms with Crippen LogP contribution in [0.3, 0.4) is 0 Å². The molecule has 0 radical (unpaired) electrons. The predicted octanol–water partition coefficient (Wildman–Crippen LogP) is 3.35. The molecule has 3 nitrogen and oxygen atoms in total. The highest BCUT2D eigenvalue weighted by Gasteiger charge is 2.21. The van der Waals surface area contributed by atoms with E-state index in [1.807, 2.05) is 29.2 Å². The molecule has 2 rings (SSSR count). The van der Waals surface area contributed by atoms with Crippen molar-refractivity contribution in [3.8, 4) is 5.75 Å². The molecule has 1 aliphatic rings. The summed E-state index contributed by atoms with van der Waals surface area (Å²) in [4.78, 5) is 14.3. The summed E-state index contributed by atoms with van der Waals surface area (Å²) >= 11 is 0. The van der Waals surface area contributed by atoms with Crippen molar-refractivity contribution < 1.29 is 9.53 Å². The molecule has 1 aliphatic heterocycles. The zero-order valence-corrected chi connectivity index (χ0v) is 11.9. The quantitative estimate of drug-likeness (QED) is 0.832. The first-order chi connectivity index (χ1) is 9.20. The first kappa shape index (κ1) is 13.9. The van der Waals surface area contributed by atoms with Crippen molar-refractivity contribution in [3.05, 3.63) is 29.8 Å². The summed E-state index contributed by atoms with van der Waals surface area (Å²) in [7, 11) is 0. The van der Waals surface area contributed by atoms with Crippen LogP contribution in [0.5, 0.6) is 5.75 Å². The lowest BCUT2D eigenvalue weighted by molar-refractivity contribution is 0.0683. The number of hydrogen-bond acceptors (Lipinski definition) is 2. The molecule has 0 aromatic heterocycles. The van der Waals surface area contributed by atoms with Gasteiger partial charge in [0, 0.05) is 18.7 Å². The lowest BCUT2D eigenvalue weighted by atomic mass is 9.99. The van der Waals surface area contributed by atoms with Crippen LogP contribution >= 0.6 is 0 Å². The second kappa shape index (κ2) is 6.60. The third-order valence-electron chi connectivity index (χ3n) is 3.52. The minimum absolute atomic E-state index is 0.147. The number of carbonyl (C=O) groups excluding carboxylic acids is 1. The van der Waals surface area contributed by atoms with E-state index in [1.54, 1.807) is 0 Å². The number of likely N-dealkylation sites (tertiary alicyclic amines) is 1. The third-order valence-corrected chi connectivity index (χ3v) is 3.52. The van der Waals surface area contributed by atoms with Crippen LogP contribution in [0.1, 0.15) is 43.5 Å². The fourth-order valence-corrected chi connectivity index (χ4v) is 2.47. The number of ether oxygens (including phenoxy) is 1. The minimum Gasteiger partial charge on any atom is -0.494 e. The van der Waals surface area contributed by atoms with E-state index in [1.165, 1.54) is 6.42 Å². The Hall–Kier alpha value is -1.51. The summed E-state index contributed by atoms with van der Waals surface area (Å²) in [6, 6.07) is 7.51. The van der Waals surface area contributed by atoms with Crippen LogP contribution < -0.4 is 4.74 Å². The SMILES string of the molecule is CCCOc1ccc(C(=O)N2CCCC(C)C2)cc1. The molecule has 104 valence electrons. The zero-order valence-electron chi connectivity index (χ0n) is 11.9. The smallest absolute Gasteiger partial charge is 0.253 e. The first-order valence-electron chi connectivity index (χ1n) is 7.23. The van der Waals surface area contributed by atoms with Crippen molar-refractivity contribution >= 4 is 5.91 Å². The van der Waals surface area contributed by atoms with Crippen LogP contribution in [0.2, 0.25) is 0 Å². The second-order valence-electron chi connectivity index (χ2n) is 5.37. The normalized spacial score (nSPS) is 19.3. The van der Waals surface area contributed by atoms with Gasteiger partial charge in [0.2, 0.25) is 0 Å². The van der Waals surface area contributed by atoms with Gasteiger partial charge in [-0.15, -0.1) is 0 Å². The van der Waals surface area contributed by atoms with Crippen molar-refractivity contribution in [2.24, 2.45) is 5.92 Å². The van der Waals surface area contributed by atoms with Crippen molar-refractivity contribution in [2.75, 3.05) is 19.7 Å². The molecule has 1 fully saturated rings. The van der Waals surface area contributed by atoms with E-state index in [0.717, 1.165) is 43.9 Å². The summed E-state index contributed by atoms with van der Waals surface area (Å²) in [5.74, 6) is 1.60. The summed E-state index contributed by atoms with van der Waals surface area (Å²) in [5.41, 5.74) is 0.762. The van der Waals surface area contributed by atoms with Gasteiger partial charge < -0.3 is 9.64 Å². The van der Waals surface area contributed by atoms with Crippen LogP contribution in [-0.4, -0.2) is 30.5 Å². The Morgan fingerprint density at radius 1 is 1.37 bits per heavy atom. The van der Waals surface area contributed by atoms with E-state index in [0.29, 0.717) is 5.92 Å². The van der Waals surface area contributed by atoms with Crippen LogP contribution in [0, 0.1) is 5.92 Å². The maximum Gasteiger partial charge on any atom is 0.253 e. The van der Waals surface area contributed by atoms with Crippen molar-refractivity contribution in [1.82, 2.24) is 4.90 Å². The van der Waals surface area contributed by atoms with Gasteiger partial charge in [0.1, 0.15) is 5.75 Å². The van der Waals surface area contributed by atoms with Gasteiger partial charge in [-0.3, -0.25) is 4.79 Å². The Kier molecular flexibility index (Phi) is 4.83. The molecule has 1 atom stereocenters. The molecule has 0 spiro atoms. The molecule has 1 unspecified atom stereocenters. The van der Waals surface area contributed by atoms with Crippen molar-refractivity contribution in [3.63, 3.8) is 0 Å². The maximum atomic E-state index is 12.4. The number of benzene rings is 1. The Bertz CT molecular complexity index is 413. The lowest BCUT2D eigenvalue weighted by Gasteiger charge is -2.31. The lowest BCUT2D eigenvalue weighted by Crippen LogP contribution is -2.39. The second-order valence-corrected chi connectivity index (χ2v) is 5.37. The summed E-state index contributed by atoms with van der Waals surface area (Å²) in [6.45, 7) is 6.78. The molecule has 0 aliphatic carbocycles. The van der Waals surface area contributed by atoms with Gasteiger partial charge in [-0.1, -0.05) is 13.8 Å². The molecule has 0 saturated carbocycles. The third kappa shape index (κ3) is 3.72. The molecule has 1 heterocycles. The van der Waals surface area contributed by atoms with Crippen LogP contribution in [-0.2, 0) is 0 Å². The summed E-state index contributed by atoms with van der Waals surface area (Å²) in [6.07, 6.45) is 3.34. The largest absolute Gasteiger partial charge is 0.494 e. The molecular formula is C16H23NO2. The van der Waals surface area contributed by atoms with Crippen LogP contribution in [0.15, 0.2) is 24.3 Å². The van der Waals surface area contributed by atoms with Gasteiger partial charge in [-0.25, -0.2) is 0 Å². The number of rotatable bonds is 4. The van der Waals surface area contributed by atoms with Gasteiger partial charge in [0.25, 0.3) is 5.91 Å². The molecule has 1 saturated heterocycles. The van der Waals surface area contributed by atoms with Crippen LogP contribution in [0.25, 0.3) is 0 Å². The standard InChI is InChI=1S/C16H23NO2/c1-3-11-19-15-8-6-14(7-9-15)16(18)17-10-4-5-13(2)12-17/h6-9,13H,3-5,10-12H2,1-2H3. The van der Waals surface area contributed by atoms with E-state index >= 15 is 0 Å². The number of nitrogens with zero attached hydrogens (tertiary/aromatic N) is 1. The monoisotopic (exact) mass is 261 g/mol. The van der Waals surface area contributed by atoms with E-state index in [4.69, 9.17) is 4.74 Å². The molecule has 19 heavy (non-hydrogen) atoms. The predicted molar refractivity (Wildman–Crippen MR) is 76.5 cm³/mol. The topological polar surface area (TPSA) is 29.5 Å². The van der Waals surface area contributed by atoms with Gasteiger partial charge in [-0.05, 0) is 49.4 Å². The average molecular weight is 261 g/mol. The van der Waals surface area contributed by atoms with E-state index in [2.05, 4.69) is 13.8 Å². The molecule has 1 aromatic carbocycles. The van der Waals surface area contributed by atoms with Gasteiger partial charge in [0.05, 0.1) is 6.61 Å². The number of piperidine rings is 1. The highest BCUT2D eigenvalue weighted by Crippen LogP contribution is 2.19. The van der Waals surface area contributed by atoms with Crippen molar-refractivity contribution in [2.45, 2.75) is 33.1 Å². The number of carbonyl (C=O) groups is 1. The molecule has 0 N–H and O–H groups in total. The summed E-state index contributed by atoms with van der Waals surface area (Å²) in [5, 5.41) is 0. The Balaban J connectivity index is 1.98. The van der Waals surface area contributed by atoms with Gasteiger partial charge in [0.15, 0.2) is 0 Å². The Labute approximate surface area is 115 Å². The fourth-order valence-electron chi connectivity index (χ4n) is 2.47. The number of hydrogen-bond donors (Lipinski definition) is 0. The maximum absolute atomic E-state index is 12.4. The minimum atomic E-state index is 0.147. The van der Waals surface area contributed by atoms with Crippen molar-refractivity contribution in [1.29, 1.82) is 0 Å². The first-order valence-corrected chi connectivity index (χ1v) is 7.23. The highest BCUT2D eigenvalue weighted by atomic mass is 16.5. The van der Waals surface area contributed by atoms with Gasteiger partial charge in [-0.2, -0.15) is 0 Å². The van der Waals surface area contributed by atoms with E-state index < -0.39 is 0 Å². The molecule has 1 aromatic rings. The molecular weight excluding hydrogens is 238 g/mol. The molecule has 1 amide bonds. The fraction of sp³-hybridized carbons (Fsp3) is 0.562.